The highest BCUT2D eigenvalue weighted by atomic mass is 16.4. The highest BCUT2D eigenvalue weighted by Gasteiger charge is 2.28. The van der Waals surface area contributed by atoms with Crippen molar-refractivity contribution in [3.8, 4) is 0 Å². The largest absolute Gasteiger partial charge is 0.476 e. The Balaban J connectivity index is 1.47. The second kappa shape index (κ2) is 7.03. The van der Waals surface area contributed by atoms with E-state index in [2.05, 4.69) is 27.0 Å². The molecule has 2 aliphatic rings. The van der Waals surface area contributed by atoms with Gasteiger partial charge in [0.2, 0.25) is 0 Å². The zero-order valence-electron chi connectivity index (χ0n) is 15.3. The molecule has 2 aliphatic heterocycles. The number of hydrogen-bond acceptors (Lipinski definition) is 5. The Morgan fingerprint density at radius 3 is 2.44 bits per heavy atom. The molecule has 0 spiro atoms. The molecule has 8 heteroatoms. The predicted octanol–water partition coefficient (Wildman–Crippen LogP) is 1.06. The first-order chi connectivity index (χ1) is 13.0. The molecule has 1 aromatic heterocycles. The highest BCUT2D eigenvalue weighted by Crippen LogP contribution is 2.23. The van der Waals surface area contributed by atoms with E-state index in [-0.39, 0.29) is 18.1 Å². The van der Waals surface area contributed by atoms with Gasteiger partial charge in [-0.05, 0) is 31.3 Å². The third-order valence-electron chi connectivity index (χ3n) is 5.41. The van der Waals surface area contributed by atoms with Crippen LogP contribution in [0.3, 0.4) is 0 Å². The van der Waals surface area contributed by atoms with E-state index in [9.17, 15) is 14.7 Å². The Labute approximate surface area is 157 Å². The zero-order valence-corrected chi connectivity index (χ0v) is 15.3. The maximum absolute atomic E-state index is 12.9. The second-order valence-corrected chi connectivity index (χ2v) is 7.15. The number of carbonyl (C=O) groups excluding carboxylic acids is 1. The molecule has 2 N–H and O–H groups in total. The van der Waals surface area contributed by atoms with Crippen molar-refractivity contribution < 1.29 is 14.7 Å². The van der Waals surface area contributed by atoms with E-state index >= 15 is 0 Å². The molecule has 27 heavy (non-hydrogen) atoms. The van der Waals surface area contributed by atoms with Crippen LogP contribution in [0.4, 0.5) is 5.69 Å². The fourth-order valence-corrected chi connectivity index (χ4v) is 3.71. The number of hydrogen-bond donors (Lipinski definition) is 2. The number of rotatable bonds is 3. The summed E-state index contributed by atoms with van der Waals surface area (Å²) in [5.74, 6) is -1.15. The summed E-state index contributed by atoms with van der Waals surface area (Å²) in [5, 5.41) is 15.9. The van der Waals surface area contributed by atoms with Crippen LogP contribution in [0.15, 0.2) is 24.3 Å². The number of benzene rings is 1. The van der Waals surface area contributed by atoms with Crippen LogP contribution >= 0.6 is 0 Å². The molecule has 0 saturated carbocycles. The van der Waals surface area contributed by atoms with Gasteiger partial charge >= 0.3 is 5.97 Å². The first-order valence-corrected chi connectivity index (χ1v) is 9.15. The van der Waals surface area contributed by atoms with Crippen molar-refractivity contribution in [2.24, 2.45) is 0 Å². The Morgan fingerprint density at radius 1 is 1.07 bits per heavy atom. The molecule has 1 saturated heterocycles. The zero-order chi connectivity index (χ0) is 19.0. The average molecular weight is 369 g/mol. The van der Waals surface area contributed by atoms with Gasteiger partial charge in [-0.25, -0.2) is 4.79 Å². The normalized spacial score (nSPS) is 17.7. The summed E-state index contributed by atoms with van der Waals surface area (Å²) < 4.78 is 0. The molecular weight excluding hydrogens is 346 g/mol. The fraction of sp³-hybridized carbons (Fsp3) is 0.421. The van der Waals surface area contributed by atoms with Crippen molar-refractivity contribution in [1.82, 2.24) is 20.0 Å². The number of anilines is 1. The number of carboxylic acids is 1. The van der Waals surface area contributed by atoms with Gasteiger partial charge in [0.25, 0.3) is 5.91 Å². The topological polar surface area (TPSA) is 92.8 Å². The van der Waals surface area contributed by atoms with Gasteiger partial charge in [0, 0.05) is 61.7 Å². The van der Waals surface area contributed by atoms with Gasteiger partial charge in [-0.15, -0.1) is 0 Å². The minimum absolute atomic E-state index is 0.00733. The Hall–Kier alpha value is -2.87. The first kappa shape index (κ1) is 17.5. The Morgan fingerprint density at radius 2 is 1.78 bits per heavy atom. The van der Waals surface area contributed by atoms with Crippen LogP contribution in [-0.2, 0) is 13.0 Å². The van der Waals surface area contributed by atoms with Gasteiger partial charge in [0.05, 0.1) is 6.54 Å². The SMILES string of the molecule is CN1CCN(c2ccc(C(=O)N3CCc4[nH]nc(C(=O)O)c4C3)cc2)CC1. The molecule has 0 bridgehead atoms. The average Bonchev–Trinajstić information content (AvgIpc) is 3.12. The minimum atomic E-state index is -1.07. The molecule has 1 fully saturated rings. The Bertz CT molecular complexity index is 853. The number of H-pyrrole nitrogens is 1. The molecule has 0 atom stereocenters. The quantitative estimate of drug-likeness (QED) is 0.840. The van der Waals surface area contributed by atoms with E-state index in [1.54, 1.807) is 4.90 Å². The fourth-order valence-electron chi connectivity index (χ4n) is 3.71. The maximum atomic E-state index is 12.9. The van der Waals surface area contributed by atoms with Gasteiger partial charge in [0.1, 0.15) is 0 Å². The number of carbonyl (C=O) groups is 2. The molecule has 8 nitrogen and oxygen atoms in total. The van der Waals surface area contributed by atoms with Gasteiger partial charge in [0.15, 0.2) is 5.69 Å². The van der Waals surface area contributed by atoms with Crippen molar-refractivity contribution in [1.29, 1.82) is 0 Å². The summed E-state index contributed by atoms with van der Waals surface area (Å²) >= 11 is 0. The smallest absolute Gasteiger partial charge is 0.356 e. The second-order valence-electron chi connectivity index (χ2n) is 7.15. The van der Waals surface area contributed by atoms with E-state index in [4.69, 9.17) is 0 Å². The lowest BCUT2D eigenvalue weighted by molar-refractivity contribution is 0.0674. The lowest BCUT2D eigenvalue weighted by Crippen LogP contribution is -2.44. The van der Waals surface area contributed by atoms with Crippen molar-refractivity contribution in [2.45, 2.75) is 13.0 Å². The summed E-state index contributed by atoms with van der Waals surface area (Å²) in [6.07, 6.45) is 0.584. The van der Waals surface area contributed by atoms with Gasteiger partial charge in [-0.1, -0.05) is 0 Å². The number of aromatic carboxylic acids is 1. The third-order valence-corrected chi connectivity index (χ3v) is 5.41. The van der Waals surface area contributed by atoms with Crippen molar-refractivity contribution in [2.75, 3.05) is 44.7 Å². The molecule has 2 aromatic rings. The van der Waals surface area contributed by atoms with Crippen LogP contribution in [0.25, 0.3) is 0 Å². The third kappa shape index (κ3) is 3.40. The number of amides is 1. The van der Waals surface area contributed by atoms with Crippen LogP contribution in [0.1, 0.15) is 32.1 Å². The lowest BCUT2D eigenvalue weighted by atomic mass is 10.0. The number of nitrogens with one attached hydrogen (secondary N) is 1. The number of nitrogens with zero attached hydrogens (tertiary/aromatic N) is 4. The van der Waals surface area contributed by atoms with Crippen LogP contribution < -0.4 is 4.90 Å². The molecule has 0 radical (unpaired) electrons. The monoisotopic (exact) mass is 369 g/mol. The molecular formula is C19H23N5O3. The summed E-state index contributed by atoms with van der Waals surface area (Å²) in [6.45, 7) is 4.86. The van der Waals surface area contributed by atoms with Crippen LogP contribution in [-0.4, -0.2) is 76.8 Å². The number of aromatic nitrogens is 2. The van der Waals surface area contributed by atoms with E-state index in [0.29, 0.717) is 24.1 Å². The Kier molecular flexibility index (Phi) is 4.57. The molecule has 1 amide bonds. The van der Waals surface area contributed by atoms with Crippen LogP contribution in [0.2, 0.25) is 0 Å². The number of aromatic amines is 1. The van der Waals surface area contributed by atoms with Crippen molar-refractivity contribution >= 4 is 17.6 Å². The molecule has 4 rings (SSSR count). The van der Waals surface area contributed by atoms with E-state index in [1.807, 2.05) is 24.3 Å². The number of piperazine rings is 1. The number of likely N-dealkylation sites (N-methyl/N-ethyl adjacent to an activating group) is 1. The summed E-state index contributed by atoms with van der Waals surface area (Å²) in [6, 6.07) is 7.71. The highest BCUT2D eigenvalue weighted by molar-refractivity contribution is 5.95. The summed E-state index contributed by atoms with van der Waals surface area (Å²) in [5.41, 5.74) is 3.17. The van der Waals surface area contributed by atoms with E-state index in [0.717, 1.165) is 37.6 Å². The number of fused-ring (bicyclic) bond motifs is 1. The molecule has 142 valence electrons. The maximum Gasteiger partial charge on any atom is 0.356 e. The van der Waals surface area contributed by atoms with E-state index in [1.165, 1.54) is 0 Å². The van der Waals surface area contributed by atoms with Gasteiger partial charge in [-0.3, -0.25) is 9.89 Å². The molecule has 1 aromatic carbocycles. The van der Waals surface area contributed by atoms with E-state index < -0.39 is 5.97 Å². The first-order valence-electron chi connectivity index (χ1n) is 9.15. The van der Waals surface area contributed by atoms with Crippen LogP contribution in [0.5, 0.6) is 0 Å². The summed E-state index contributed by atoms with van der Waals surface area (Å²) in [7, 11) is 2.12. The van der Waals surface area contributed by atoms with Crippen molar-refractivity contribution in [3.63, 3.8) is 0 Å². The standard InChI is InChI=1S/C19H23N5O3/c1-22-8-10-23(11-9-22)14-4-2-13(3-5-14)18(25)24-7-6-16-15(12-24)17(19(26)27)21-20-16/h2-5H,6-12H2,1H3,(H,20,21)(H,26,27). The van der Waals surface area contributed by atoms with Crippen LogP contribution in [0, 0.1) is 0 Å². The predicted molar refractivity (Wildman–Crippen MR) is 100 cm³/mol. The molecule has 0 unspecified atom stereocenters. The lowest BCUT2D eigenvalue weighted by Gasteiger charge is -2.34. The van der Waals surface area contributed by atoms with Crippen molar-refractivity contribution in [3.05, 3.63) is 46.8 Å². The molecule has 0 aliphatic carbocycles. The summed E-state index contributed by atoms with van der Waals surface area (Å²) in [4.78, 5) is 30.5. The van der Waals surface area contributed by atoms with Gasteiger partial charge in [-0.2, -0.15) is 5.10 Å². The minimum Gasteiger partial charge on any atom is -0.476 e. The molecule has 3 heterocycles. The number of carboxylic acid groups (broad SMARTS) is 1. The van der Waals surface area contributed by atoms with Gasteiger partial charge < -0.3 is 19.8 Å².